The van der Waals surface area contributed by atoms with Gasteiger partial charge in [0.2, 0.25) is 5.82 Å². The summed E-state index contributed by atoms with van der Waals surface area (Å²) in [6.07, 6.45) is -2.25. The molecule has 0 saturated carbocycles. The summed E-state index contributed by atoms with van der Waals surface area (Å²) in [6, 6.07) is 0. The van der Waals surface area contributed by atoms with E-state index >= 15 is 0 Å². The van der Waals surface area contributed by atoms with Gasteiger partial charge < -0.3 is 18.9 Å². The number of aromatic nitrogens is 2. The molecule has 1 fully saturated rings. The van der Waals surface area contributed by atoms with E-state index in [-0.39, 0.29) is 13.1 Å². The van der Waals surface area contributed by atoms with Gasteiger partial charge in [0.1, 0.15) is 6.10 Å². The summed E-state index contributed by atoms with van der Waals surface area (Å²) in [6.45, 7) is 3.35. The molecule has 0 spiro atoms. The minimum absolute atomic E-state index is 0.0278. The molecule has 0 aromatic carbocycles. The second-order valence-corrected chi connectivity index (χ2v) is 5.36. The zero-order valence-electron chi connectivity index (χ0n) is 12.8. The second-order valence-electron chi connectivity index (χ2n) is 5.36. The first kappa shape index (κ1) is 17.3. The van der Waals surface area contributed by atoms with Crippen LogP contribution in [-0.4, -0.2) is 47.7 Å². The summed E-state index contributed by atoms with van der Waals surface area (Å²) in [7, 11) is 1.39. The van der Waals surface area contributed by atoms with Gasteiger partial charge in [0.05, 0.1) is 12.8 Å². The molecule has 1 aromatic rings. The van der Waals surface area contributed by atoms with E-state index in [1.54, 1.807) is 13.8 Å². The zero-order chi connectivity index (χ0) is 17.2. The number of carbonyl (C=O) groups excluding carboxylic acids is 1. The lowest BCUT2D eigenvalue weighted by molar-refractivity contribution is -0.169. The van der Waals surface area contributed by atoms with E-state index in [4.69, 9.17) is 18.9 Å². The van der Waals surface area contributed by atoms with Gasteiger partial charge >= 0.3 is 5.69 Å². The molecular formula is C13H17FN2O7. The Morgan fingerprint density at radius 1 is 1.48 bits per heavy atom. The highest BCUT2D eigenvalue weighted by atomic mass is 19.1. The number of hydrogen-bond donors (Lipinski definition) is 1. The van der Waals surface area contributed by atoms with Crippen LogP contribution in [-0.2, 0) is 23.7 Å². The van der Waals surface area contributed by atoms with Gasteiger partial charge in [-0.05, 0) is 13.8 Å². The first-order valence-electron chi connectivity index (χ1n) is 6.73. The van der Waals surface area contributed by atoms with Crippen LogP contribution in [0.25, 0.3) is 0 Å². The van der Waals surface area contributed by atoms with Crippen LogP contribution in [0, 0.1) is 5.82 Å². The van der Waals surface area contributed by atoms with E-state index in [1.807, 2.05) is 4.98 Å². The van der Waals surface area contributed by atoms with Gasteiger partial charge in [-0.25, -0.2) is 4.79 Å². The van der Waals surface area contributed by atoms with E-state index in [1.165, 1.54) is 7.11 Å². The van der Waals surface area contributed by atoms with E-state index in [2.05, 4.69) is 0 Å². The van der Waals surface area contributed by atoms with Crippen molar-refractivity contribution in [3.05, 3.63) is 32.9 Å². The third-order valence-electron chi connectivity index (χ3n) is 3.23. The summed E-state index contributed by atoms with van der Waals surface area (Å²) in [5.74, 6) is -2.28. The lowest BCUT2D eigenvalue weighted by Crippen LogP contribution is -2.43. The number of halogens is 1. The van der Waals surface area contributed by atoms with Crippen LogP contribution in [0.4, 0.5) is 4.39 Å². The third kappa shape index (κ3) is 3.66. The maximum atomic E-state index is 13.5. The summed E-state index contributed by atoms with van der Waals surface area (Å²) in [5, 5.41) is 0. The van der Waals surface area contributed by atoms with Crippen molar-refractivity contribution in [3.63, 3.8) is 0 Å². The van der Waals surface area contributed by atoms with E-state index < -0.39 is 41.3 Å². The highest BCUT2D eigenvalue weighted by molar-refractivity contribution is 5.37. The largest absolute Gasteiger partial charge is 0.459 e. The van der Waals surface area contributed by atoms with Crippen molar-refractivity contribution in [2.75, 3.05) is 13.7 Å². The number of rotatable bonds is 6. The second kappa shape index (κ2) is 6.60. The first-order valence-corrected chi connectivity index (χ1v) is 6.73. The maximum Gasteiger partial charge on any atom is 0.330 e. The third-order valence-corrected chi connectivity index (χ3v) is 3.23. The molecule has 2 heterocycles. The molecule has 3 atom stereocenters. The molecule has 1 aliphatic rings. The van der Waals surface area contributed by atoms with Gasteiger partial charge in [0.15, 0.2) is 18.1 Å². The number of carbonyl (C=O) groups is 1. The standard InChI is InChI=1S/C13H17FN2O7/c1-13(2)22-9(8(5-20-3)21-6-17)11(23-13)16-4-7(14)10(18)15-12(16)19/h4,6,8-9,11H,5H2,1-3H3,(H,15,18,19)/t8-,9-,11+/m1/s1. The predicted molar refractivity (Wildman–Crippen MR) is 73.2 cm³/mol. The normalized spacial score (nSPS) is 24.3. The monoisotopic (exact) mass is 332 g/mol. The Kier molecular flexibility index (Phi) is 4.97. The molecule has 2 rings (SSSR count). The number of nitrogens with one attached hydrogen (secondary N) is 1. The average Bonchev–Trinajstić information content (AvgIpc) is 2.78. The minimum Gasteiger partial charge on any atom is -0.459 e. The Labute approximate surface area is 129 Å². The Bertz CT molecular complexity index is 684. The average molecular weight is 332 g/mol. The van der Waals surface area contributed by atoms with Crippen LogP contribution in [0.5, 0.6) is 0 Å². The van der Waals surface area contributed by atoms with Gasteiger partial charge in [0, 0.05) is 7.11 Å². The fourth-order valence-electron chi connectivity index (χ4n) is 2.34. The SMILES string of the molecule is COC[C@@H](OC=O)[C@H]1OC(C)(C)O[C@@H]1n1cc(F)c(=O)[nH]c1=O. The lowest BCUT2D eigenvalue weighted by Gasteiger charge is -2.25. The van der Waals surface area contributed by atoms with Crippen LogP contribution in [0.2, 0.25) is 0 Å². The van der Waals surface area contributed by atoms with Crippen LogP contribution in [0.3, 0.4) is 0 Å². The van der Waals surface area contributed by atoms with Crippen molar-refractivity contribution < 1.29 is 28.1 Å². The van der Waals surface area contributed by atoms with Gasteiger partial charge in [-0.1, -0.05) is 0 Å². The van der Waals surface area contributed by atoms with Crippen LogP contribution < -0.4 is 11.2 Å². The highest BCUT2D eigenvalue weighted by Gasteiger charge is 2.47. The lowest BCUT2D eigenvalue weighted by atomic mass is 10.2. The van der Waals surface area contributed by atoms with E-state index in [0.717, 1.165) is 4.57 Å². The molecule has 1 aromatic heterocycles. The van der Waals surface area contributed by atoms with Gasteiger partial charge in [-0.2, -0.15) is 4.39 Å². The summed E-state index contributed by atoms with van der Waals surface area (Å²) >= 11 is 0. The molecule has 0 bridgehead atoms. The molecule has 0 unspecified atom stereocenters. The van der Waals surface area contributed by atoms with E-state index in [9.17, 15) is 18.8 Å². The van der Waals surface area contributed by atoms with Gasteiger partial charge in [0.25, 0.3) is 12.0 Å². The summed E-state index contributed by atoms with van der Waals surface area (Å²) in [5.41, 5.74) is -2.02. The van der Waals surface area contributed by atoms with Crippen molar-refractivity contribution in [2.45, 2.75) is 38.1 Å². The van der Waals surface area contributed by atoms with Crippen molar-refractivity contribution in [1.82, 2.24) is 9.55 Å². The maximum absolute atomic E-state index is 13.5. The number of H-pyrrole nitrogens is 1. The zero-order valence-corrected chi connectivity index (χ0v) is 12.8. The van der Waals surface area contributed by atoms with Crippen molar-refractivity contribution >= 4 is 6.47 Å². The Hall–Kier alpha value is -2.04. The molecule has 9 nitrogen and oxygen atoms in total. The molecule has 0 radical (unpaired) electrons. The van der Waals surface area contributed by atoms with E-state index in [0.29, 0.717) is 6.20 Å². The summed E-state index contributed by atoms with van der Waals surface area (Å²) in [4.78, 5) is 35.6. The molecule has 0 aliphatic carbocycles. The Morgan fingerprint density at radius 2 is 2.17 bits per heavy atom. The predicted octanol–water partition coefficient (Wildman–Crippen LogP) is -0.486. The number of hydrogen-bond acceptors (Lipinski definition) is 7. The Morgan fingerprint density at radius 3 is 2.78 bits per heavy atom. The molecule has 128 valence electrons. The molecular weight excluding hydrogens is 315 g/mol. The Balaban J connectivity index is 2.45. The molecule has 1 aliphatic heterocycles. The van der Waals surface area contributed by atoms with Crippen molar-refractivity contribution in [1.29, 1.82) is 0 Å². The molecule has 0 amide bonds. The number of methoxy groups -OCH3 is 1. The van der Waals surface area contributed by atoms with Gasteiger partial charge in [-0.15, -0.1) is 0 Å². The number of aromatic amines is 1. The van der Waals surface area contributed by atoms with Gasteiger partial charge in [-0.3, -0.25) is 19.1 Å². The van der Waals surface area contributed by atoms with Crippen LogP contribution in [0.15, 0.2) is 15.8 Å². The topological polar surface area (TPSA) is 109 Å². The van der Waals surface area contributed by atoms with Crippen LogP contribution in [0.1, 0.15) is 20.1 Å². The molecule has 1 saturated heterocycles. The summed E-state index contributed by atoms with van der Waals surface area (Å²) < 4.78 is 35.5. The fraction of sp³-hybridized carbons (Fsp3) is 0.615. The highest BCUT2D eigenvalue weighted by Crippen LogP contribution is 2.36. The molecule has 10 heteroatoms. The first-order chi connectivity index (χ1) is 10.8. The van der Waals surface area contributed by atoms with Crippen molar-refractivity contribution in [3.8, 4) is 0 Å². The van der Waals surface area contributed by atoms with Crippen LogP contribution >= 0.6 is 0 Å². The molecule has 23 heavy (non-hydrogen) atoms. The minimum atomic E-state index is -1.16. The number of nitrogens with zero attached hydrogens (tertiary/aromatic N) is 1. The smallest absolute Gasteiger partial charge is 0.330 e. The van der Waals surface area contributed by atoms with Crippen molar-refractivity contribution in [2.24, 2.45) is 0 Å². The fourth-order valence-corrected chi connectivity index (χ4v) is 2.34. The number of ether oxygens (including phenoxy) is 4. The molecule has 1 N–H and O–H groups in total. The quantitative estimate of drug-likeness (QED) is 0.700.